The Morgan fingerprint density at radius 3 is 3.12 bits per heavy atom. The molecule has 3 rings (SSSR count). The van der Waals surface area contributed by atoms with E-state index >= 15 is 0 Å². The monoisotopic (exact) mass is 346 g/mol. The summed E-state index contributed by atoms with van der Waals surface area (Å²) in [6.45, 7) is 3.25. The highest BCUT2D eigenvalue weighted by molar-refractivity contribution is 7.09. The van der Waals surface area contributed by atoms with Crippen molar-refractivity contribution in [3.05, 3.63) is 39.8 Å². The SMILES string of the molecule is COc1ccc2c(c1)OCC(CNC(=O)CCc1scnc1C)C2. The Labute approximate surface area is 146 Å². The number of hydrogen-bond donors (Lipinski definition) is 1. The Morgan fingerprint density at radius 2 is 2.38 bits per heavy atom. The third-order valence-electron chi connectivity index (χ3n) is 4.27. The van der Waals surface area contributed by atoms with Crippen molar-refractivity contribution < 1.29 is 14.3 Å². The maximum Gasteiger partial charge on any atom is 0.220 e. The molecule has 1 aliphatic rings. The van der Waals surface area contributed by atoms with E-state index in [-0.39, 0.29) is 5.91 Å². The third kappa shape index (κ3) is 4.06. The molecule has 0 spiro atoms. The van der Waals surface area contributed by atoms with Crippen LogP contribution in [0, 0.1) is 12.8 Å². The third-order valence-corrected chi connectivity index (χ3v) is 5.26. The zero-order valence-corrected chi connectivity index (χ0v) is 14.8. The van der Waals surface area contributed by atoms with Crippen LogP contribution in [0.3, 0.4) is 0 Å². The lowest BCUT2D eigenvalue weighted by Crippen LogP contribution is -2.34. The normalized spacial score (nSPS) is 16.2. The first-order valence-corrected chi connectivity index (χ1v) is 8.99. The molecule has 0 saturated heterocycles. The van der Waals surface area contributed by atoms with Gasteiger partial charge in [0.1, 0.15) is 11.5 Å². The van der Waals surface area contributed by atoms with Crippen molar-refractivity contribution >= 4 is 17.2 Å². The van der Waals surface area contributed by atoms with Gasteiger partial charge in [0.05, 0.1) is 24.9 Å². The second-order valence-electron chi connectivity index (χ2n) is 6.02. The molecule has 1 aromatic heterocycles. The summed E-state index contributed by atoms with van der Waals surface area (Å²) in [5.41, 5.74) is 4.02. The zero-order chi connectivity index (χ0) is 16.9. The number of aryl methyl sites for hydroxylation is 2. The molecule has 6 heteroatoms. The summed E-state index contributed by atoms with van der Waals surface area (Å²) in [4.78, 5) is 17.4. The van der Waals surface area contributed by atoms with Gasteiger partial charge in [-0.05, 0) is 31.4 Å². The number of fused-ring (bicyclic) bond motifs is 1. The molecule has 5 nitrogen and oxygen atoms in total. The number of nitrogens with zero attached hydrogens (tertiary/aromatic N) is 1. The van der Waals surface area contributed by atoms with Crippen molar-refractivity contribution in [2.24, 2.45) is 5.92 Å². The molecule has 2 heterocycles. The van der Waals surface area contributed by atoms with Gasteiger partial charge >= 0.3 is 0 Å². The molecule has 0 fully saturated rings. The van der Waals surface area contributed by atoms with Crippen LogP contribution in [-0.2, 0) is 17.6 Å². The zero-order valence-electron chi connectivity index (χ0n) is 14.0. The number of carbonyl (C=O) groups is 1. The summed E-state index contributed by atoms with van der Waals surface area (Å²) in [5, 5.41) is 3.03. The van der Waals surface area contributed by atoms with Crippen molar-refractivity contribution in [3.8, 4) is 11.5 Å². The van der Waals surface area contributed by atoms with E-state index in [0.29, 0.717) is 25.5 Å². The Morgan fingerprint density at radius 1 is 1.50 bits per heavy atom. The van der Waals surface area contributed by atoms with Crippen molar-refractivity contribution in [1.82, 2.24) is 10.3 Å². The minimum absolute atomic E-state index is 0.0864. The summed E-state index contributed by atoms with van der Waals surface area (Å²) >= 11 is 1.61. The van der Waals surface area contributed by atoms with Gasteiger partial charge in [-0.2, -0.15) is 0 Å². The molecule has 1 N–H and O–H groups in total. The maximum atomic E-state index is 12.0. The summed E-state index contributed by atoms with van der Waals surface area (Å²) in [7, 11) is 1.65. The van der Waals surface area contributed by atoms with Gasteiger partial charge in [0.2, 0.25) is 5.91 Å². The molecular formula is C18H22N2O3S. The number of benzene rings is 1. The van der Waals surface area contributed by atoms with Gasteiger partial charge in [-0.25, -0.2) is 4.98 Å². The van der Waals surface area contributed by atoms with Crippen LogP contribution in [0.4, 0.5) is 0 Å². The van der Waals surface area contributed by atoms with Crippen molar-refractivity contribution in [2.45, 2.75) is 26.2 Å². The molecule has 1 amide bonds. The molecular weight excluding hydrogens is 324 g/mol. The van der Waals surface area contributed by atoms with Gasteiger partial charge in [-0.1, -0.05) is 6.07 Å². The van der Waals surface area contributed by atoms with Crippen molar-refractivity contribution in [1.29, 1.82) is 0 Å². The molecule has 1 atom stereocenters. The molecule has 1 unspecified atom stereocenters. The second-order valence-corrected chi connectivity index (χ2v) is 6.96. The quantitative estimate of drug-likeness (QED) is 0.874. The lowest BCUT2D eigenvalue weighted by Gasteiger charge is -2.25. The smallest absolute Gasteiger partial charge is 0.220 e. The predicted octanol–water partition coefficient (Wildman–Crippen LogP) is 2.76. The lowest BCUT2D eigenvalue weighted by atomic mass is 9.96. The highest BCUT2D eigenvalue weighted by Crippen LogP contribution is 2.30. The van der Waals surface area contributed by atoms with Crippen molar-refractivity contribution in [2.75, 3.05) is 20.3 Å². The number of methoxy groups -OCH3 is 1. The van der Waals surface area contributed by atoms with Gasteiger partial charge < -0.3 is 14.8 Å². The Bertz CT molecular complexity index is 714. The minimum Gasteiger partial charge on any atom is -0.497 e. The van der Waals surface area contributed by atoms with Crippen molar-refractivity contribution in [3.63, 3.8) is 0 Å². The predicted molar refractivity (Wildman–Crippen MR) is 93.9 cm³/mol. The van der Waals surface area contributed by atoms with Gasteiger partial charge in [0.25, 0.3) is 0 Å². The maximum absolute atomic E-state index is 12.0. The Balaban J connectivity index is 1.45. The summed E-state index contributed by atoms with van der Waals surface area (Å²) < 4.78 is 11.0. The van der Waals surface area contributed by atoms with Crippen LogP contribution in [0.2, 0.25) is 0 Å². The highest BCUT2D eigenvalue weighted by Gasteiger charge is 2.21. The van der Waals surface area contributed by atoms with Crippen LogP contribution >= 0.6 is 11.3 Å². The number of rotatable bonds is 6. The van der Waals surface area contributed by atoms with E-state index in [1.54, 1.807) is 18.4 Å². The van der Waals surface area contributed by atoms with E-state index in [4.69, 9.17) is 9.47 Å². The lowest BCUT2D eigenvalue weighted by molar-refractivity contribution is -0.121. The molecule has 0 aliphatic carbocycles. The fourth-order valence-corrected chi connectivity index (χ4v) is 3.59. The molecule has 0 saturated carbocycles. The van der Waals surface area contributed by atoms with E-state index in [0.717, 1.165) is 30.0 Å². The number of hydrogen-bond acceptors (Lipinski definition) is 5. The highest BCUT2D eigenvalue weighted by atomic mass is 32.1. The fraction of sp³-hybridized carbons (Fsp3) is 0.444. The molecule has 0 bridgehead atoms. The number of thiazole rings is 1. The molecule has 0 radical (unpaired) electrons. The van der Waals surface area contributed by atoms with Crippen LogP contribution in [0.25, 0.3) is 0 Å². The Hall–Kier alpha value is -2.08. The summed E-state index contributed by atoms with van der Waals surface area (Å²) in [5.74, 6) is 2.08. The van der Waals surface area contributed by atoms with E-state index in [1.807, 2.05) is 30.6 Å². The van der Waals surface area contributed by atoms with Gasteiger partial charge in [0.15, 0.2) is 0 Å². The fourth-order valence-electron chi connectivity index (χ4n) is 2.81. The second kappa shape index (κ2) is 7.66. The van der Waals surface area contributed by atoms with Crippen LogP contribution in [0.1, 0.15) is 22.6 Å². The van der Waals surface area contributed by atoms with Crippen LogP contribution < -0.4 is 14.8 Å². The summed E-state index contributed by atoms with van der Waals surface area (Å²) in [6, 6.07) is 5.90. The molecule has 128 valence electrons. The van der Waals surface area contributed by atoms with Gasteiger partial charge in [-0.3, -0.25) is 4.79 Å². The average molecular weight is 346 g/mol. The van der Waals surface area contributed by atoms with Crippen LogP contribution in [0.15, 0.2) is 23.7 Å². The average Bonchev–Trinajstić information content (AvgIpc) is 3.02. The summed E-state index contributed by atoms with van der Waals surface area (Å²) in [6.07, 6.45) is 2.17. The largest absolute Gasteiger partial charge is 0.497 e. The van der Waals surface area contributed by atoms with Gasteiger partial charge in [0, 0.05) is 29.8 Å². The number of aromatic nitrogens is 1. The van der Waals surface area contributed by atoms with E-state index < -0.39 is 0 Å². The van der Waals surface area contributed by atoms with E-state index in [2.05, 4.69) is 10.3 Å². The molecule has 1 aromatic carbocycles. The molecule has 24 heavy (non-hydrogen) atoms. The first-order chi connectivity index (χ1) is 11.7. The number of ether oxygens (including phenoxy) is 2. The first-order valence-electron chi connectivity index (χ1n) is 8.11. The number of carbonyl (C=O) groups excluding carboxylic acids is 1. The van der Waals surface area contributed by atoms with E-state index in [9.17, 15) is 4.79 Å². The minimum atomic E-state index is 0.0864. The Kier molecular flexibility index (Phi) is 5.35. The molecule has 1 aliphatic heterocycles. The number of amides is 1. The van der Waals surface area contributed by atoms with Gasteiger partial charge in [-0.15, -0.1) is 11.3 Å². The number of nitrogens with one attached hydrogen (secondary N) is 1. The van der Waals surface area contributed by atoms with E-state index in [1.165, 1.54) is 10.4 Å². The standard InChI is InChI=1S/C18H22N2O3S/c1-12-17(24-11-20-12)5-6-18(21)19-9-13-7-14-3-4-15(22-2)8-16(14)23-10-13/h3-4,8,11,13H,5-7,9-10H2,1-2H3,(H,19,21). The molecule has 2 aromatic rings. The topological polar surface area (TPSA) is 60.5 Å². The first kappa shape index (κ1) is 16.8. The van der Waals surface area contributed by atoms with Crippen LogP contribution in [-0.4, -0.2) is 31.2 Å². The van der Waals surface area contributed by atoms with Crippen LogP contribution in [0.5, 0.6) is 11.5 Å².